The lowest BCUT2D eigenvalue weighted by Crippen LogP contribution is -2.20. The van der Waals surface area contributed by atoms with Gasteiger partial charge in [0, 0.05) is 16.8 Å². The van der Waals surface area contributed by atoms with Crippen molar-refractivity contribution in [3.63, 3.8) is 0 Å². The van der Waals surface area contributed by atoms with E-state index < -0.39 is 5.76 Å². The summed E-state index contributed by atoms with van der Waals surface area (Å²) in [4.78, 5) is 28.2. The molecular weight excluding hydrogens is 315 g/mol. The fourth-order valence-corrected chi connectivity index (χ4v) is 2.37. The van der Waals surface area contributed by atoms with E-state index >= 15 is 0 Å². The second-order valence-corrected chi connectivity index (χ2v) is 5.17. The van der Waals surface area contributed by atoms with Crippen LogP contribution in [-0.2, 0) is 6.54 Å². The van der Waals surface area contributed by atoms with Crippen LogP contribution in [0.3, 0.4) is 0 Å². The summed E-state index contributed by atoms with van der Waals surface area (Å²) < 4.78 is 6.18. The lowest BCUT2D eigenvalue weighted by molar-refractivity contribution is 0.0970. The summed E-state index contributed by atoms with van der Waals surface area (Å²) in [5, 5.41) is 0.670. The summed E-state index contributed by atoms with van der Waals surface area (Å²) >= 11 is 11.8. The van der Waals surface area contributed by atoms with Gasteiger partial charge in [-0.3, -0.25) is 9.36 Å². The number of hydrogen-bond acceptors (Lipinski definition) is 4. The highest BCUT2D eigenvalue weighted by molar-refractivity contribution is 6.35. The minimum Gasteiger partial charge on any atom is -0.406 e. The zero-order chi connectivity index (χ0) is 15.0. The van der Waals surface area contributed by atoms with E-state index in [9.17, 15) is 9.59 Å². The van der Waals surface area contributed by atoms with Gasteiger partial charge in [-0.1, -0.05) is 23.2 Å². The van der Waals surface area contributed by atoms with E-state index in [2.05, 4.69) is 4.98 Å². The number of aromatic nitrogens is 2. The summed E-state index contributed by atoms with van der Waals surface area (Å²) in [6, 6.07) is 7.84. The number of oxazole rings is 1. The first-order valence-electron chi connectivity index (χ1n) is 5.99. The van der Waals surface area contributed by atoms with Gasteiger partial charge in [-0.15, -0.1) is 0 Å². The molecule has 3 rings (SSSR count). The molecule has 0 saturated carbocycles. The number of nitrogens with zero attached hydrogens (tertiary/aromatic N) is 2. The average Bonchev–Trinajstić information content (AvgIpc) is 2.78. The summed E-state index contributed by atoms with van der Waals surface area (Å²) in [5.74, 6) is -0.992. The molecule has 0 unspecified atom stereocenters. The molecule has 106 valence electrons. The van der Waals surface area contributed by atoms with Crippen molar-refractivity contribution in [1.29, 1.82) is 0 Å². The van der Waals surface area contributed by atoms with Gasteiger partial charge in [-0.05, 0) is 30.3 Å². The molecule has 2 heterocycles. The van der Waals surface area contributed by atoms with Crippen molar-refractivity contribution in [1.82, 2.24) is 9.55 Å². The average molecular weight is 323 g/mol. The maximum atomic E-state index is 12.3. The number of rotatable bonds is 3. The van der Waals surface area contributed by atoms with E-state index in [1.54, 1.807) is 18.2 Å². The quantitative estimate of drug-likeness (QED) is 0.695. The molecule has 0 N–H and O–H groups in total. The molecule has 0 aliphatic rings. The maximum absolute atomic E-state index is 12.3. The fraction of sp³-hybridized carbons (Fsp3) is 0.0714. The van der Waals surface area contributed by atoms with E-state index in [0.717, 1.165) is 4.57 Å². The Labute approximate surface area is 128 Å². The van der Waals surface area contributed by atoms with Crippen LogP contribution in [0.5, 0.6) is 0 Å². The third-order valence-corrected chi connectivity index (χ3v) is 3.52. The Bertz CT molecular complexity index is 899. The van der Waals surface area contributed by atoms with Crippen LogP contribution in [0.25, 0.3) is 11.2 Å². The number of pyridine rings is 1. The van der Waals surface area contributed by atoms with Crippen molar-refractivity contribution in [2.24, 2.45) is 0 Å². The summed E-state index contributed by atoms with van der Waals surface area (Å²) in [5.41, 5.74) is 0.892. The number of halogens is 2. The van der Waals surface area contributed by atoms with Gasteiger partial charge in [0.15, 0.2) is 17.0 Å². The number of hydrogen-bond donors (Lipinski definition) is 0. The van der Waals surface area contributed by atoms with Gasteiger partial charge in [0.25, 0.3) is 0 Å². The van der Waals surface area contributed by atoms with Crippen molar-refractivity contribution in [2.45, 2.75) is 6.54 Å². The zero-order valence-corrected chi connectivity index (χ0v) is 12.1. The molecule has 7 heteroatoms. The normalized spacial score (nSPS) is 11.0. The second kappa shape index (κ2) is 5.35. The first-order chi connectivity index (χ1) is 10.1. The van der Waals surface area contributed by atoms with E-state index in [1.807, 2.05) is 0 Å². The monoisotopic (exact) mass is 322 g/mol. The molecule has 0 spiro atoms. The first kappa shape index (κ1) is 13.9. The van der Waals surface area contributed by atoms with Crippen LogP contribution in [0.2, 0.25) is 10.0 Å². The molecule has 0 amide bonds. The summed E-state index contributed by atoms with van der Waals surface area (Å²) in [6.07, 6.45) is 1.52. The van der Waals surface area contributed by atoms with E-state index in [4.69, 9.17) is 27.6 Å². The zero-order valence-electron chi connectivity index (χ0n) is 10.5. The molecule has 1 aromatic carbocycles. The minimum atomic E-state index is -0.643. The Morgan fingerprint density at radius 3 is 2.90 bits per heavy atom. The Morgan fingerprint density at radius 1 is 1.29 bits per heavy atom. The lowest BCUT2D eigenvalue weighted by Gasteiger charge is -2.04. The molecule has 0 fully saturated rings. The van der Waals surface area contributed by atoms with Crippen molar-refractivity contribution in [3.8, 4) is 0 Å². The Kier molecular flexibility index (Phi) is 3.53. The minimum absolute atomic E-state index is 0.219. The second-order valence-electron chi connectivity index (χ2n) is 4.33. The van der Waals surface area contributed by atoms with Crippen molar-refractivity contribution < 1.29 is 9.21 Å². The van der Waals surface area contributed by atoms with E-state index in [0.29, 0.717) is 16.3 Å². The van der Waals surface area contributed by atoms with Gasteiger partial charge in [0.2, 0.25) is 0 Å². The van der Waals surface area contributed by atoms with Crippen LogP contribution in [0.4, 0.5) is 0 Å². The predicted octanol–water partition coefficient (Wildman–Crippen LogP) is 3.18. The van der Waals surface area contributed by atoms with Crippen LogP contribution < -0.4 is 5.76 Å². The smallest absolute Gasteiger partial charge is 0.406 e. The molecule has 0 radical (unpaired) electrons. The maximum Gasteiger partial charge on any atom is 0.421 e. The SMILES string of the molecule is O=C(Cn1c(=O)oc2cccnc21)c1cc(Cl)ccc1Cl. The molecule has 0 atom stereocenters. The van der Waals surface area contributed by atoms with Crippen LogP contribution in [0.15, 0.2) is 45.7 Å². The topological polar surface area (TPSA) is 65.1 Å². The predicted molar refractivity (Wildman–Crippen MR) is 79.1 cm³/mol. The molecule has 2 aromatic heterocycles. The number of carbonyl (C=O) groups excluding carboxylic acids is 1. The highest BCUT2D eigenvalue weighted by atomic mass is 35.5. The fourth-order valence-electron chi connectivity index (χ4n) is 1.98. The molecule has 0 saturated heterocycles. The van der Waals surface area contributed by atoms with Gasteiger partial charge in [-0.2, -0.15) is 0 Å². The number of fused-ring (bicyclic) bond motifs is 1. The first-order valence-corrected chi connectivity index (χ1v) is 6.74. The molecule has 3 aromatic rings. The van der Waals surface area contributed by atoms with Crippen LogP contribution >= 0.6 is 23.2 Å². The summed E-state index contributed by atoms with van der Waals surface area (Å²) in [6.45, 7) is -0.219. The van der Waals surface area contributed by atoms with Crippen LogP contribution in [0, 0.1) is 0 Å². The molecule has 0 aliphatic carbocycles. The highest BCUT2D eigenvalue weighted by Gasteiger charge is 2.17. The molecule has 21 heavy (non-hydrogen) atoms. The van der Waals surface area contributed by atoms with Crippen molar-refractivity contribution >= 4 is 40.2 Å². The van der Waals surface area contributed by atoms with Gasteiger partial charge in [-0.25, -0.2) is 9.78 Å². The van der Waals surface area contributed by atoms with Crippen molar-refractivity contribution in [3.05, 3.63) is 62.7 Å². The lowest BCUT2D eigenvalue weighted by atomic mass is 10.1. The Hall–Kier alpha value is -2.11. The van der Waals surface area contributed by atoms with E-state index in [-0.39, 0.29) is 22.9 Å². The number of benzene rings is 1. The Morgan fingerprint density at radius 2 is 2.10 bits per heavy atom. The molecule has 0 aliphatic heterocycles. The largest absolute Gasteiger partial charge is 0.421 e. The number of Topliss-reactive ketones (excluding diaryl/α,β-unsaturated/α-hetero) is 1. The van der Waals surface area contributed by atoms with Gasteiger partial charge < -0.3 is 4.42 Å². The van der Waals surface area contributed by atoms with Crippen LogP contribution in [0.1, 0.15) is 10.4 Å². The van der Waals surface area contributed by atoms with Gasteiger partial charge in [0.1, 0.15) is 0 Å². The number of ketones is 1. The number of carbonyl (C=O) groups is 1. The third kappa shape index (κ3) is 2.57. The van der Waals surface area contributed by atoms with E-state index in [1.165, 1.54) is 18.3 Å². The summed E-state index contributed by atoms with van der Waals surface area (Å²) in [7, 11) is 0. The van der Waals surface area contributed by atoms with Crippen molar-refractivity contribution in [2.75, 3.05) is 0 Å². The third-order valence-electron chi connectivity index (χ3n) is 2.95. The Balaban J connectivity index is 2.02. The highest BCUT2D eigenvalue weighted by Crippen LogP contribution is 2.21. The van der Waals surface area contributed by atoms with Crippen LogP contribution in [-0.4, -0.2) is 15.3 Å². The molecule has 0 bridgehead atoms. The van der Waals surface area contributed by atoms with Gasteiger partial charge in [0.05, 0.1) is 11.6 Å². The molecule has 5 nitrogen and oxygen atoms in total. The van der Waals surface area contributed by atoms with Gasteiger partial charge >= 0.3 is 5.76 Å². The standard InChI is InChI=1S/C14H8Cl2N2O3/c15-8-3-4-10(16)9(6-8)11(19)7-18-13-12(21-14(18)20)2-1-5-17-13/h1-6H,7H2. The molecular formula is C14H8Cl2N2O3.